The van der Waals surface area contributed by atoms with E-state index in [1.807, 2.05) is 0 Å². The minimum atomic E-state index is 0.247. The van der Waals surface area contributed by atoms with Crippen molar-refractivity contribution >= 4 is 11.8 Å². The van der Waals surface area contributed by atoms with E-state index in [-0.39, 0.29) is 6.54 Å². The lowest BCUT2D eigenvalue weighted by Crippen LogP contribution is -1.95. The number of hydrogen-bond acceptors (Lipinski definition) is 8. The Morgan fingerprint density at radius 1 is 1.40 bits per heavy atom. The normalized spacial score (nSPS) is 10.8. The fraction of sp³-hybridized carbons (Fsp3) is 0.500. The van der Waals surface area contributed by atoms with Gasteiger partial charge in [0.2, 0.25) is 5.89 Å². The van der Waals surface area contributed by atoms with Crippen molar-refractivity contribution in [1.29, 1.82) is 0 Å². The summed E-state index contributed by atoms with van der Waals surface area (Å²) in [5.74, 6) is 1.58. The van der Waals surface area contributed by atoms with E-state index in [0.717, 1.165) is 0 Å². The van der Waals surface area contributed by atoms with E-state index < -0.39 is 0 Å². The van der Waals surface area contributed by atoms with Crippen LogP contribution in [-0.4, -0.2) is 30.4 Å². The quantitative estimate of drug-likeness (QED) is 0.686. The molecule has 0 saturated carbocycles. The van der Waals surface area contributed by atoms with Gasteiger partial charge >= 0.3 is 0 Å². The summed E-state index contributed by atoms with van der Waals surface area (Å²) in [7, 11) is 1.71. The Balaban J connectivity index is 1.93. The van der Waals surface area contributed by atoms with Crippen LogP contribution in [0.15, 0.2) is 9.64 Å². The summed E-state index contributed by atoms with van der Waals surface area (Å²) in [6.07, 6.45) is 0. The molecule has 0 fully saturated rings. The Labute approximate surface area is 89.2 Å². The number of nitrogens with zero attached hydrogens (tertiary/aromatic N) is 6. The van der Waals surface area contributed by atoms with Gasteiger partial charge < -0.3 is 10.2 Å². The van der Waals surface area contributed by atoms with E-state index >= 15 is 0 Å². The van der Waals surface area contributed by atoms with E-state index in [4.69, 9.17) is 10.2 Å². The molecule has 0 aliphatic rings. The molecule has 0 aromatic carbocycles. The van der Waals surface area contributed by atoms with E-state index in [1.54, 1.807) is 7.05 Å². The van der Waals surface area contributed by atoms with E-state index in [2.05, 4.69) is 25.6 Å². The van der Waals surface area contributed by atoms with Crippen LogP contribution in [0, 0.1) is 0 Å². The maximum absolute atomic E-state index is 5.33. The minimum absolute atomic E-state index is 0.247. The van der Waals surface area contributed by atoms with Crippen molar-refractivity contribution in [3.05, 3.63) is 11.7 Å². The van der Waals surface area contributed by atoms with E-state index in [0.29, 0.717) is 22.7 Å². The van der Waals surface area contributed by atoms with E-state index in [1.165, 1.54) is 16.6 Å². The molecule has 0 atom stereocenters. The number of aromatic nitrogens is 6. The number of hydrogen-bond donors (Lipinski definition) is 1. The monoisotopic (exact) mass is 227 g/mol. The first-order valence-electron chi connectivity index (χ1n) is 4.16. The van der Waals surface area contributed by atoms with Gasteiger partial charge in [-0.05, 0) is 5.21 Å². The molecule has 0 aliphatic heterocycles. The predicted octanol–water partition coefficient (Wildman–Crippen LogP) is -0.656. The van der Waals surface area contributed by atoms with Crippen molar-refractivity contribution in [1.82, 2.24) is 30.4 Å². The highest BCUT2D eigenvalue weighted by atomic mass is 32.2. The molecule has 2 heterocycles. The largest absolute Gasteiger partial charge is 0.415 e. The molecule has 0 amide bonds. The molecule has 0 radical (unpaired) electrons. The van der Waals surface area contributed by atoms with Crippen LogP contribution in [0.1, 0.15) is 11.7 Å². The summed E-state index contributed by atoms with van der Waals surface area (Å²) in [6.45, 7) is 0.247. The molecule has 2 aromatic heterocycles. The van der Waals surface area contributed by atoms with Gasteiger partial charge in [0.05, 0.1) is 19.3 Å². The van der Waals surface area contributed by atoms with Crippen LogP contribution in [0.4, 0.5) is 0 Å². The first kappa shape index (κ1) is 10.1. The van der Waals surface area contributed by atoms with Crippen LogP contribution in [-0.2, 0) is 19.3 Å². The van der Waals surface area contributed by atoms with Crippen molar-refractivity contribution in [3.63, 3.8) is 0 Å². The van der Waals surface area contributed by atoms with Crippen molar-refractivity contribution in [2.24, 2.45) is 12.8 Å². The fourth-order valence-electron chi connectivity index (χ4n) is 0.886. The molecule has 2 N–H and O–H groups in total. The summed E-state index contributed by atoms with van der Waals surface area (Å²) in [4.78, 5) is 1.40. The second-order valence-corrected chi connectivity index (χ2v) is 3.58. The first-order valence-corrected chi connectivity index (χ1v) is 5.14. The summed E-state index contributed by atoms with van der Waals surface area (Å²) >= 11 is 1.35. The molecule has 0 saturated heterocycles. The van der Waals surface area contributed by atoms with Gasteiger partial charge in [-0.15, -0.1) is 20.4 Å². The molecule has 15 heavy (non-hydrogen) atoms. The zero-order chi connectivity index (χ0) is 10.7. The third-order valence-corrected chi connectivity index (χ3v) is 2.31. The van der Waals surface area contributed by atoms with Gasteiger partial charge in [-0.1, -0.05) is 11.8 Å². The molecule has 0 bridgehead atoms. The lowest BCUT2D eigenvalue weighted by atomic mass is 10.7. The van der Waals surface area contributed by atoms with Crippen molar-refractivity contribution in [2.75, 3.05) is 0 Å². The van der Waals surface area contributed by atoms with Crippen LogP contribution in [0.2, 0.25) is 0 Å². The molecule has 8 nitrogen and oxygen atoms in total. The lowest BCUT2D eigenvalue weighted by Gasteiger charge is -1.89. The number of tetrazole rings is 1. The van der Waals surface area contributed by atoms with Crippen LogP contribution >= 0.6 is 11.8 Å². The Morgan fingerprint density at radius 3 is 2.87 bits per heavy atom. The van der Waals surface area contributed by atoms with Gasteiger partial charge in [-0.3, -0.25) is 0 Å². The maximum Gasteiger partial charge on any atom is 0.277 e. The highest BCUT2D eigenvalue weighted by Crippen LogP contribution is 2.18. The van der Waals surface area contributed by atoms with Gasteiger partial charge in [0.25, 0.3) is 5.22 Å². The highest BCUT2D eigenvalue weighted by Gasteiger charge is 2.07. The molecule has 0 unspecified atom stereocenters. The molecule has 0 aliphatic carbocycles. The van der Waals surface area contributed by atoms with Crippen LogP contribution in [0.5, 0.6) is 0 Å². The summed E-state index contributed by atoms with van der Waals surface area (Å²) in [6, 6.07) is 0. The number of rotatable bonds is 4. The molecular formula is C6H9N7OS. The standard InChI is InChI=1S/C6H9N7OS/c1-13-11-4(8-12-13)3-15-6-10-9-5(2-7)14-6/h2-3,7H2,1H3. The minimum Gasteiger partial charge on any atom is -0.415 e. The summed E-state index contributed by atoms with van der Waals surface area (Å²) in [5.41, 5.74) is 5.33. The Hall–Kier alpha value is -1.48. The molecule has 80 valence electrons. The van der Waals surface area contributed by atoms with Crippen molar-refractivity contribution in [3.8, 4) is 0 Å². The highest BCUT2D eigenvalue weighted by molar-refractivity contribution is 7.98. The maximum atomic E-state index is 5.33. The molecule has 0 spiro atoms. The van der Waals surface area contributed by atoms with Crippen LogP contribution < -0.4 is 5.73 Å². The number of nitrogens with two attached hydrogens (primary N) is 1. The fourth-order valence-corrected chi connectivity index (χ4v) is 1.51. The second-order valence-electron chi connectivity index (χ2n) is 2.65. The van der Waals surface area contributed by atoms with Crippen molar-refractivity contribution < 1.29 is 4.42 Å². The average molecular weight is 227 g/mol. The Bertz CT molecular complexity index is 438. The SMILES string of the molecule is Cn1nnc(CSc2nnc(CN)o2)n1. The first-order chi connectivity index (χ1) is 7.28. The van der Waals surface area contributed by atoms with Gasteiger partial charge in [0.15, 0.2) is 5.82 Å². The molecule has 9 heteroatoms. The third kappa shape index (κ3) is 2.50. The van der Waals surface area contributed by atoms with E-state index in [9.17, 15) is 0 Å². The van der Waals surface area contributed by atoms with Gasteiger partial charge in [0, 0.05) is 0 Å². The molecular weight excluding hydrogens is 218 g/mol. The smallest absolute Gasteiger partial charge is 0.277 e. The Kier molecular flexibility index (Phi) is 2.92. The van der Waals surface area contributed by atoms with Crippen molar-refractivity contribution in [2.45, 2.75) is 17.5 Å². The Morgan fingerprint density at radius 2 is 2.27 bits per heavy atom. The zero-order valence-corrected chi connectivity index (χ0v) is 8.81. The lowest BCUT2D eigenvalue weighted by molar-refractivity contribution is 0.414. The zero-order valence-electron chi connectivity index (χ0n) is 7.99. The second kappa shape index (κ2) is 4.36. The molecule has 2 rings (SSSR count). The van der Waals surface area contributed by atoms with Crippen LogP contribution in [0.25, 0.3) is 0 Å². The van der Waals surface area contributed by atoms with Crippen LogP contribution in [0.3, 0.4) is 0 Å². The predicted molar refractivity (Wildman–Crippen MR) is 50.5 cm³/mol. The topological polar surface area (TPSA) is 109 Å². The number of aryl methyl sites for hydroxylation is 1. The summed E-state index contributed by atoms with van der Waals surface area (Å²) in [5, 5.41) is 19.5. The van der Waals surface area contributed by atoms with Gasteiger partial charge in [-0.25, -0.2) is 0 Å². The van der Waals surface area contributed by atoms with Gasteiger partial charge in [0.1, 0.15) is 0 Å². The summed E-state index contributed by atoms with van der Waals surface area (Å²) < 4.78 is 5.19. The average Bonchev–Trinajstić information content (AvgIpc) is 2.83. The third-order valence-electron chi connectivity index (χ3n) is 1.50. The number of thioether (sulfide) groups is 1. The van der Waals surface area contributed by atoms with Gasteiger partial charge in [-0.2, -0.15) is 4.80 Å². The molecule has 2 aromatic rings.